The Hall–Kier alpha value is -3.34. The first-order valence-corrected chi connectivity index (χ1v) is 11.7. The van der Waals surface area contributed by atoms with Crippen LogP contribution < -0.4 is 9.64 Å². The summed E-state index contributed by atoms with van der Waals surface area (Å²) in [6.07, 6.45) is -11.1. The predicted molar refractivity (Wildman–Crippen MR) is 131 cm³/mol. The highest BCUT2D eigenvalue weighted by Crippen LogP contribution is 2.44. The van der Waals surface area contributed by atoms with Gasteiger partial charge in [-0.1, -0.05) is 57.2 Å². The van der Waals surface area contributed by atoms with Crippen molar-refractivity contribution < 1.29 is 45.0 Å². The Bertz CT molecular complexity index is 1290. The maximum Gasteiger partial charge on any atom is 0.458 e. The normalized spacial score (nSPS) is 14.6. The summed E-state index contributed by atoms with van der Waals surface area (Å²) in [6, 6.07) is 15.3. The van der Waals surface area contributed by atoms with E-state index in [1.807, 2.05) is 26.8 Å². The van der Waals surface area contributed by atoms with Crippen molar-refractivity contribution in [1.82, 2.24) is 0 Å². The summed E-state index contributed by atoms with van der Waals surface area (Å²) in [7, 11) is 0. The SMILES string of the molecule is CC(C)(C)c1cccc(Oc2cccc(N(Cc3cccc(C(F)(F)C(F)(F)F)c3)C(C)(O)C(F)(F)F)c2)c1. The van der Waals surface area contributed by atoms with E-state index in [-0.39, 0.29) is 22.4 Å². The van der Waals surface area contributed by atoms with Gasteiger partial charge >= 0.3 is 18.3 Å². The molecule has 0 saturated heterocycles. The van der Waals surface area contributed by atoms with Crippen LogP contribution in [0.1, 0.15) is 44.4 Å². The summed E-state index contributed by atoms with van der Waals surface area (Å²) in [5.41, 5.74) is -4.76. The van der Waals surface area contributed by atoms with E-state index in [0.717, 1.165) is 17.7 Å². The van der Waals surface area contributed by atoms with Crippen molar-refractivity contribution in [2.75, 3.05) is 4.90 Å². The second-order valence-corrected chi connectivity index (χ2v) is 10.3. The molecule has 0 saturated carbocycles. The lowest BCUT2D eigenvalue weighted by Crippen LogP contribution is -2.56. The van der Waals surface area contributed by atoms with Gasteiger partial charge < -0.3 is 14.7 Å². The molecule has 1 unspecified atom stereocenters. The van der Waals surface area contributed by atoms with Crippen LogP contribution >= 0.6 is 0 Å². The smallest absolute Gasteiger partial charge is 0.457 e. The van der Waals surface area contributed by atoms with Crippen molar-refractivity contribution in [2.24, 2.45) is 0 Å². The Labute approximate surface area is 220 Å². The van der Waals surface area contributed by atoms with Gasteiger partial charge in [0.15, 0.2) is 0 Å². The van der Waals surface area contributed by atoms with Gasteiger partial charge in [-0.25, -0.2) is 0 Å². The molecular weight excluding hydrogens is 534 g/mol. The zero-order valence-electron chi connectivity index (χ0n) is 21.5. The number of hydrogen-bond acceptors (Lipinski definition) is 3. The molecular formula is C28H27F8NO2. The minimum Gasteiger partial charge on any atom is -0.457 e. The van der Waals surface area contributed by atoms with Crippen LogP contribution in [0.25, 0.3) is 0 Å². The van der Waals surface area contributed by atoms with Crippen LogP contribution in [0.2, 0.25) is 0 Å². The number of hydrogen-bond donors (Lipinski definition) is 1. The van der Waals surface area contributed by atoms with E-state index in [4.69, 9.17) is 4.74 Å². The van der Waals surface area contributed by atoms with Crippen LogP contribution in [0, 0.1) is 0 Å². The first-order chi connectivity index (χ1) is 17.7. The topological polar surface area (TPSA) is 32.7 Å². The van der Waals surface area contributed by atoms with E-state index in [1.54, 1.807) is 18.2 Å². The third kappa shape index (κ3) is 6.63. The molecule has 11 heteroatoms. The Morgan fingerprint density at radius 1 is 0.667 bits per heavy atom. The fourth-order valence-corrected chi connectivity index (χ4v) is 3.74. The van der Waals surface area contributed by atoms with Crippen LogP contribution in [0.3, 0.4) is 0 Å². The largest absolute Gasteiger partial charge is 0.458 e. The maximum absolute atomic E-state index is 13.9. The first-order valence-electron chi connectivity index (χ1n) is 11.7. The minimum atomic E-state index is -5.90. The molecule has 0 aliphatic rings. The minimum absolute atomic E-state index is 0.110. The van der Waals surface area contributed by atoms with Crippen LogP contribution in [0.5, 0.6) is 11.5 Å². The second-order valence-electron chi connectivity index (χ2n) is 10.3. The molecule has 3 aromatic rings. The zero-order valence-corrected chi connectivity index (χ0v) is 21.5. The number of aliphatic hydroxyl groups is 1. The van der Waals surface area contributed by atoms with Crippen LogP contribution in [-0.2, 0) is 17.9 Å². The maximum atomic E-state index is 13.9. The van der Waals surface area contributed by atoms with Crippen LogP contribution in [0.4, 0.5) is 40.8 Å². The fourth-order valence-electron chi connectivity index (χ4n) is 3.74. The van der Waals surface area contributed by atoms with Gasteiger partial charge in [0.25, 0.3) is 0 Å². The van der Waals surface area contributed by atoms with Gasteiger partial charge in [0.1, 0.15) is 11.5 Å². The summed E-state index contributed by atoms with van der Waals surface area (Å²) >= 11 is 0. The van der Waals surface area contributed by atoms with E-state index in [2.05, 4.69) is 0 Å². The number of halogens is 8. The average molecular weight is 562 g/mol. The van der Waals surface area contributed by atoms with Crippen molar-refractivity contribution in [3.05, 3.63) is 89.5 Å². The van der Waals surface area contributed by atoms with E-state index >= 15 is 0 Å². The molecule has 0 spiro atoms. The number of anilines is 1. The lowest BCUT2D eigenvalue weighted by molar-refractivity contribution is -0.289. The Kier molecular flexibility index (Phi) is 8.00. The molecule has 1 atom stereocenters. The van der Waals surface area contributed by atoms with Crippen molar-refractivity contribution in [3.8, 4) is 11.5 Å². The van der Waals surface area contributed by atoms with Crippen molar-refractivity contribution in [1.29, 1.82) is 0 Å². The summed E-state index contributed by atoms with van der Waals surface area (Å²) in [6.45, 7) is 5.58. The molecule has 1 N–H and O–H groups in total. The number of nitrogens with zero attached hydrogens (tertiary/aromatic N) is 1. The molecule has 0 aromatic heterocycles. The van der Waals surface area contributed by atoms with Crippen molar-refractivity contribution >= 4 is 5.69 Å². The summed E-state index contributed by atoms with van der Waals surface area (Å²) in [4.78, 5) is 0.455. The molecule has 0 amide bonds. The lowest BCUT2D eigenvalue weighted by atomic mass is 9.87. The predicted octanol–water partition coefficient (Wildman–Crippen LogP) is 8.71. The highest BCUT2D eigenvalue weighted by Gasteiger charge is 2.59. The van der Waals surface area contributed by atoms with E-state index in [0.29, 0.717) is 29.7 Å². The molecule has 39 heavy (non-hydrogen) atoms. The van der Waals surface area contributed by atoms with Gasteiger partial charge in [-0.2, -0.15) is 35.1 Å². The molecule has 212 valence electrons. The third-order valence-electron chi connectivity index (χ3n) is 6.11. The summed E-state index contributed by atoms with van der Waals surface area (Å²) in [5.74, 6) is -4.72. The van der Waals surface area contributed by atoms with Gasteiger partial charge in [-0.05, 0) is 53.8 Å². The molecule has 0 radical (unpaired) electrons. The van der Waals surface area contributed by atoms with Crippen LogP contribution in [0.15, 0.2) is 72.8 Å². The molecule has 3 aromatic carbocycles. The Balaban J connectivity index is 2.02. The van der Waals surface area contributed by atoms with Crippen LogP contribution in [-0.4, -0.2) is 23.2 Å². The molecule has 0 bridgehead atoms. The quantitative estimate of drug-likeness (QED) is 0.231. The van der Waals surface area contributed by atoms with Gasteiger partial charge in [0.05, 0.1) is 0 Å². The first kappa shape index (κ1) is 30.2. The highest BCUT2D eigenvalue weighted by atomic mass is 19.4. The Morgan fingerprint density at radius 3 is 1.77 bits per heavy atom. The molecule has 0 fully saturated rings. The van der Waals surface area contributed by atoms with Gasteiger partial charge in [0.2, 0.25) is 5.72 Å². The zero-order chi connectivity index (χ0) is 29.4. The van der Waals surface area contributed by atoms with Crippen molar-refractivity contribution in [3.63, 3.8) is 0 Å². The van der Waals surface area contributed by atoms with E-state index < -0.39 is 36.1 Å². The summed E-state index contributed by atoms with van der Waals surface area (Å²) < 4.78 is 114. The van der Waals surface area contributed by atoms with Gasteiger partial charge in [-0.3, -0.25) is 0 Å². The lowest BCUT2D eigenvalue weighted by Gasteiger charge is -2.40. The molecule has 0 heterocycles. The van der Waals surface area contributed by atoms with Crippen molar-refractivity contribution in [2.45, 2.75) is 63.7 Å². The molecule has 0 aliphatic carbocycles. The Morgan fingerprint density at radius 2 is 1.21 bits per heavy atom. The fraction of sp³-hybridized carbons (Fsp3) is 0.357. The van der Waals surface area contributed by atoms with E-state index in [9.17, 15) is 40.2 Å². The van der Waals surface area contributed by atoms with Gasteiger partial charge in [0, 0.05) is 23.9 Å². The average Bonchev–Trinajstić information content (AvgIpc) is 2.81. The number of alkyl halides is 8. The molecule has 3 rings (SSSR count). The molecule has 3 nitrogen and oxygen atoms in total. The van der Waals surface area contributed by atoms with Gasteiger partial charge in [-0.15, -0.1) is 0 Å². The third-order valence-corrected chi connectivity index (χ3v) is 6.11. The number of rotatable bonds is 7. The van der Waals surface area contributed by atoms with E-state index in [1.165, 1.54) is 24.3 Å². The molecule has 0 aliphatic heterocycles. The summed E-state index contributed by atoms with van der Waals surface area (Å²) in [5, 5.41) is 10.5. The standard InChI is InChI=1S/C28H27F8NO2/c1-24(2,3)19-9-6-12-22(15-19)39-23-13-7-11-21(16-23)37(25(4,38)27(31,32)33)17-18-8-5-10-20(14-18)26(29,30)28(34,35)36/h5-16,38H,17H2,1-4H3. The second kappa shape index (κ2) is 10.3. The number of benzene rings is 3. The number of ether oxygens (including phenoxy) is 1. The monoisotopic (exact) mass is 561 g/mol. The highest BCUT2D eigenvalue weighted by molar-refractivity contribution is 5.54.